The number of halogens is 1. The molecule has 1 atom stereocenters. The smallest absolute Gasteiger partial charge is 0.326 e. The number of amides is 1. The highest BCUT2D eigenvalue weighted by Gasteiger charge is 2.24. The number of hydrogen-bond donors (Lipinski definition) is 2. The van der Waals surface area contributed by atoms with Gasteiger partial charge in [-0.2, -0.15) is 0 Å². The second kappa shape index (κ2) is 12.0. The summed E-state index contributed by atoms with van der Waals surface area (Å²) >= 11 is 7.62. The number of hydrogen-bond acceptors (Lipinski definition) is 5. The van der Waals surface area contributed by atoms with Crippen LogP contribution in [0, 0.1) is 5.92 Å². The van der Waals surface area contributed by atoms with Gasteiger partial charge in [-0.05, 0) is 42.2 Å². The van der Waals surface area contributed by atoms with Crippen molar-refractivity contribution in [3.8, 4) is 11.3 Å². The number of aromatic nitrogens is 1. The van der Waals surface area contributed by atoms with Crippen LogP contribution in [0.3, 0.4) is 0 Å². The molecule has 0 spiro atoms. The molecule has 1 unspecified atom stereocenters. The fourth-order valence-electron chi connectivity index (χ4n) is 3.47. The first-order valence-electron chi connectivity index (χ1n) is 11.4. The Kier molecular flexibility index (Phi) is 9.07. The first-order chi connectivity index (χ1) is 16.3. The molecule has 8 heteroatoms. The zero-order valence-electron chi connectivity index (χ0n) is 19.6. The van der Waals surface area contributed by atoms with E-state index in [-0.39, 0.29) is 11.8 Å². The molecule has 0 aliphatic heterocycles. The molecule has 0 fully saturated rings. The summed E-state index contributed by atoms with van der Waals surface area (Å²) in [5.41, 5.74) is 3.44. The second-order valence-corrected chi connectivity index (χ2v) is 9.80. The number of carbonyl (C=O) groups excluding carboxylic acids is 1. The van der Waals surface area contributed by atoms with Crippen LogP contribution in [0.25, 0.3) is 11.3 Å². The maximum atomic E-state index is 12.5. The molecule has 180 valence electrons. The summed E-state index contributed by atoms with van der Waals surface area (Å²) in [5.74, 6) is -1.63. The summed E-state index contributed by atoms with van der Waals surface area (Å²) in [7, 11) is 0. The van der Waals surface area contributed by atoms with Crippen molar-refractivity contribution in [1.29, 1.82) is 0 Å². The van der Waals surface area contributed by atoms with Gasteiger partial charge < -0.3 is 15.3 Å². The van der Waals surface area contributed by atoms with Crippen molar-refractivity contribution in [2.24, 2.45) is 5.92 Å². The second-order valence-electron chi connectivity index (χ2n) is 8.53. The Morgan fingerprint density at radius 1 is 1.12 bits per heavy atom. The number of carbonyl (C=O) groups is 2. The molecule has 34 heavy (non-hydrogen) atoms. The Hall–Kier alpha value is -2.90. The third-order valence-corrected chi connectivity index (χ3v) is 6.65. The fraction of sp³-hybridized carbons (Fsp3) is 0.346. The topological polar surface area (TPSA) is 82.5 Å². The van der Waals surface area contributed by atoms with Crippen LogP contribution in [0.4, 0.5) is 5.13 Å². The highest BCUT2D eigenvalue weighted by molar-refractivity contribution is 7.14. The van der Waals surface area contributed by atoms with Crippen LogP contribution >= 0.6 is 22.9 Å². The Bertz CT molecular complexity index is 1100. The van der Waals surface area contributed by atoms with E-state index in [0.29, 0.717) is 17.1 Å². The molecular weight excluding hydrogens is 470 g/mol. The Balaban J connectivity index is 1.72. The summed E-state index contributed by atoms with van der Waals surface area (Å²) in [5, 5.41) is 15.6. The number of thiazole rings is 1. The first-order valence-corrected chi connectivity index (χ1v) is 12.6. The van der Waals surface area contributed by atoms with Gasteiger partial charge in [-0.15, -0.1) is 11.3 Å². The lowest BCUT2D eigenvalue weighted by Gasteiger charge is -2.22. The van der Waals surface area contributed by atoms with Gasteiger partial charge in [0.25, 0.3) is 5.91 Å². The first kappa shape index (κ1) is 25.7. The molecule has 0 radical (unpaired) electrons. The van der Waals surface area contributed by atoms with E-state index in [4.69, 9.17) is 16.6 Å². The van der Waals surface area contributed by atoms with Gasteiger partial charge in [0.15, 0.2) is 5.13 Å². The summed E-state index contributed by atoms with van der Waals surface area (Å²) < 4.78 is 0. The van der Waals surface area contributed by atoms with Gasteiger partial charge in [0, 0.05) is 34.6 Å². The average molecular weight is 500 g/mol. The number of unbranched alkanes of at least 4 members (excludes halogenated alkanes) is 1. The minimum atomic E-state index is -1.03. The molecule has 0 saturated heterocycles. The molecule has 1 aromatic heterocycles. The number of aliphatic carboxylic acids is 1. The van der Waals surface area contributed by atoms with Gasteiger partial charge in [0.1, 0.15) is 6.04 Å². The van der Waals surface area contributed by atoms with Crippen molar-refractivity contribution in [2.75, 3.05) is 11.4 Å². The molecule has 0 aliphatic carbocycles. The molecule has 6 nitrogen and oxygen atoms in total. The summed E-state index contributed by atoms with van der Waals surface area (Å²) in [6, 6.07) is 14.0. The molecule has 0 bridgehead atoms. The van der Waals surface area contributed by atoms with Gasteiger partial charge in [0.05, 0.1) is 5.69 Å². The zero-order chi connectivity index (χ0) is 24.7. The van der Waals surface area contributed by atoms with Crippen LogP contribution in [0.5, 0.6) is 0 Å². The molecular formula is C26H30ClN3O3S. The zero-order valence-corrected chi connectivity index (χ0v) is 21.2. The van der Waals surface area contributed by atoms with Gasteiger partial charge in [-0.25, -0.2) is 9.78 Å². The van der Waals surface area contributed by atoms with Crippen molar-refractivity contribution in [3.63, 3.8) is 0 Å². The number of rotatable bonds is 11. The molecule has 0 saturated carbocycles. The van der Waals surface area contributed by atoms with Gasteiger partial charge in [0.2, 0.25) is 0 Å². The number of carboxylic acids is 1. The quantitative estimate of drug-likeness (QED) is 0.332. The van der Waals surface area contributed by atoms with Gasteiger partial charge in [-0.1, -0.05) is 63.1 Å². The molecule has 2 N–H and O–H groups in total. The third-order valence-electron chi connectivity index (χ3n) is 5.49. The summed E-state index contributed by atoms with van der Waals surface area (Å²) in [6.07, 6.45) is 2.12. The molecule has 3 rings (SSSR count). The SMILES string of the molecule is CCCCN(Cc1ccc(C(=O)NC(C(=O)O)C(C)C)cc1)c1nc(-c2ccc(Cl)cc2)cs1. The van der Waals surface area contributed by atoms with Crippen molar-refractivity contribution in [3.05, 3.63) is 70.1 Å². The van der Waals surface area contributed by atoms with Crippen LogP contribution in [0.15, 0.2) is 53.9 Å². The van der Waals surface area contributed by atoms with E-state index >= 15 is 0 Å². The van der Waals surface area contributed by atoms with Crippen molar-refractivity contribution in [1.82, 2.24) is 10.3 Å². The summed E-state index contributed by atoms with van der Waals surface area (Å²) in [6.45, 7) is 7.24. The predicted molar refractivity (Wildman–Crippen MR) is 139 cm³/mol. The standard InChI is InChI=1S/C26H30ClN3O3S/c1-4-5-14-30(26-28-22(16-34-26)19-10-12-21(27)13-11-19)15-18-6-8-20(9-7-18)24(31)29-23(17(2)3)25(32)33/h6-13,16-17,23H,4-5,14-15H2,1-3H3,(H,29,31)(H,32,33). The van der Waals surface area contributed by atoms with Crippen molar-refractivity contribution < 1.29 is 14.7 Å². The van der Waals surface area contributed by atoms with Crippen LogP contribution in [0.2, 0.25) is 5.02 Å². The largest absolute Gasteiger partial charge is 0.480 e. The summed E-state index contributed by atoms with van der Waals surface area (Å²) in [4.78, 5) is 31.0. The van der Waals surface area contributed by atoms with Gasteiger partial charge in [-0.3, -0.25) is 4.79 Å². The third kappa shape index (κ3) is 6.81. The van der Waals surface area contributed by atoms with Crippen LogP contribution in [-0.2, 0) is 11.3 Å². The molecule has 1 heterocycles. The van der Waals surface area contributed by atoms with E-state index < -0.39 is 12.0 Å². The lowest BCUT2D eigenvalue weighted by atomic mass is 10.0. The van der Waals surface area contributed by atoms with E-state index in [0.717, 1.165) is 41.3 Å². The Morgan fingerprint density at radius 2 is 1.79 bits per heavy atom. The maximum Gasteiger partial charge on any atom is 0.326 e. The predicted octanol–water partition coefficient (Wildman–Crippen LogP) is 6.11. The lowest BCUT2D eigenvalue weighted by molar-refractivity contribution is -0.140. The Morgan fingerprint density at radius 3 is 2.38 bits per heavy atom. The normalized spacial score (nSPS) is 11.9. The molecule has 0 aliphatic rings. The number of carboxylic acid groups (broad SMARTS) is 1. The van der Waals surface area contributed by atoms with E-state index in [2.05, 4.69) is 22.5 Å². The highest BCUT2D eigenvalue weighted by atomic mass is 35.5. The minimum absolute atomic E-state index is 0.205. The van der Waals surface area contributed by atoms with Crippen LogP contribution < -0.4 is 10.2 Å². The number of nitrogens with one attached hydrogen (secondary N) is 1. The van der Waals surface area contributed by atoms with E-state index in [1.54, 1.807) is 37.3 Å². The lowest BCUT2D eigenvalue weighted by Crippen LogP contribution is -2.44. The fourth-order valence-corrected chi connectivity index (χ4v) is 4.46. The van der Waals surface area contributed by atoms with Crippen LogP contribution in [-0.4, -0.2) is 34.6 Å². The number of anilines is 1. The molecule has 1 amide bonds. The molecule has 3 aromatic rings. The maximum absolute atomic E-state index is 12.5. The number of benzene rings is 2. The van der Waals surface area contributed by atoms with Crippen molar-refractivity contribution in [2.45, 2.75) is 46.2 Å². The van der Waals surface area contributed by atoms with E-state index in [9.17, 15) is 14.7 Å². The van der Waals surface area contributed by atoms with E-state index in [1.807, 2.05) is 36.4 Å². The minimum Gasteiger partial charge on any atom is -0.480 e. The van der Waals surface area contributed by atoms with Crippen molar-refractivity contribution >= 4 is 39.9 Å². The van der Waals surface area contributed by atoms with E-state index in [1.165, 1.54) is 0 Å². The van der Waals surface area contributed by atoms with Gasteiger partial charge >= 0.3 is 5.97 Å². The van der Waals surface area contributed by atoms with Crippen LogP contribution in [0.1, 0.15) is 49.5 Å². The monoisotopic (exact) mass is 499 g/mol. The average Bonchev–Trinajstić information content (AvgIpc) is 3.30. The molecule has 2 aromatic carbocycles. The Labute approximate surface area is 209 Å². The highest BCUT2D eigenvalue weighted by Crippen LogP contribution is 2.29. The number of nitrogens with zero attached hydrogens (tertiary/aromatic N) is 2.